The van der Waals surface area contributed by atoms with E-state index in [2.05, 4.69) is 237 Å². The van der Waals surface area contributed by atoms with Crippen LogP contribution in [0.1, 0.15) is 111 Å². The van der Waals surface area contributed by atoms with Gasteiger partial charge in [-0.1, -0.05) is 156 Å². The van der Waals surface area contributed by atoms with E-state index < -0.39 is 11.6 Å². The minimum Gasteiger partial charge on any atom is -0.311 e. The van der Waals surface area contributed by atoms with Gasteiger partial charge in [0.25, 0.3) is 6.71 Å². The molecule has 0 fully saturated rings. The van der Waals surface area contributed by atoms with Crippen LogP contribution in [0, 0.1) is 23.0 Å². The molecule has 12 rings (SSSR count). The van der Waals surface area contributed by atoms with Gasteiger partial charge in [0.1, 0.15) is 11.6 Å². The third-order valence-corrected chi connectivity index (χ3v) is 16.2. The molecule has 0 aliphatic carbocycles. The Balaban J connectivity index is 1.18. The number of halogens is 2. The molecule has 2 aliphatic rings. The SMILES string of the molecule is CC(C)(C)c1cc(N2c3ccccc3B3c4ccccc4N(c4cc(C(C)(C)C)cc(C(C)(C)C)c4)c4cc(-c5ccc6c(c5)c5ccccc5n6-c5ccc(C#N)cc5-c5cc(F)cc(F)c5)cc2c43)cc(C(C)(C)C)c1. The second-order valence-corrected chi connectivity index (χ2v) is 25.8. The van der Waals surface area contributed by atoms with E-state index in [0.717, 1.165) is 73.1 Å². The van der Waals surface area contributed by atoms with E-state index in [-0.39, 0.29) is 28.4 Å². The number of rotatable bonds is 5. The van der Waals surface area contributed by atoms with Gasteiger partial charge in [-0.25, -0.2) is 8.78 Å². The van der Waals surface area contributed by atoms with Crippen LogP contribution >= 0.6 is 0 Å². The highest BCUT2D eigenvalue weighted by atomic mass is 19.1. The van der Waals surface area contributed by atoms with Crippen LogP contribution in [-0.2, 0) is 21.7 Å². The Morgan fingerprint density at radius 3 is 1.37 bits per heavy atom. The highest BCUT2D eigenvalue weighted by Gasteiger charge is 2.44. The van der Waals surface area contributed by atoms with Gasteiger partial charge < -0.3 is 14.4 Å². The molecule has 2 aliphatic heterocycles. The number of hydrogen-bond donors (Lipinski definition) is 0. The average molecular weight is 1020 g/mol. The van der Waals surface area contributed by atoms with Gasteiger partial charge in [0.05, 0.1) is 28.4 Å². The number of anilines is 6. The van der Waals surface area contributed by atoms with Crippen molar-refractivity contribution in [2.75, 3.05) is 9.80 Å². The lowest BCUT2D eigenvalue weighted by molar-refractivity contribution is 0.568. The van der Waals surface area contributed by atoms with Crippen LogP contribution in [-0.4, -0.2) is 11.3 Å². The predicted molar refractivity (Wildman–Crippen MR) is 325 cm³/mol. The van der Waals surface area contributed by atoms with Crippen molar-refractivity contribution in [2.24, 2.45) is 0 Å². The van der Waals surface area contributed by atoms with Gasteiger partial charge in [-0.2, -0.15) is 5.26 Å². The van der Waals surface area contributed by atoms with Gasteiger partial charge in [-0.15, -0.1) is 0 Å². The Morgan fingerprint density at radius 1 is 0.397 bits per heavy atom. The average Bonchev–Trinajstić information content (AvgIpc) is 3.35. The van der Waals surface area contributed by atoms with E-state index in [1.54, 1.807) is 12.1 Å². The smallest absolute Gasteiger partial charge is 0.252 e. The van der Waals surface area contributed by atoms with Gasteiger partial charge in [-0.05, 0) is 174 Å². The van der Waals surface area contributed by atoms with Crippen molar-refractivity contribution in [3.63, 3.8) is 0 Å². The van der Waals surface area contributed by atoms with Crippen LogP contribution in [0.5, 0.6) is 0 Å². The summed E-state index contributed by atoms with van der Waals surface area (Å²) < 4.78 is 32.2. The summed E-state index contributed by atoms with van der Waals surface area (Å²) in [5.41, 5.74) is 21.3. The van der Waals surface area contributed by atoms with Crippen LogP contribution < -0.4 is 26.2 Å². The molecule has 4 nitrogen and oxygen atoms in total. The van der Waals surface area contributed by atoms with E-state index in [4.69, 9.17) is 0 Å². The largest absolute Gasteiger partial charge is 0.311 e. The van der Waals surface area contributed by atoms with Gasteiger partial charge in [-0.3, -0.25) is 0 Å². The lowest BCUT2D eigenvalue weighted by Gasteiger charge is -2.45. The van der Waals surface area contributed by atoms with Gasteiger partial charge in [0.2, 0.25) is 0 Å². The Hall–Kier alpha value is -8.21. The van der Waals surface area contributed by atoms with E-state index in [0.29, 0.717) is 22.4 Å². The Morgan fingerprint density at radius 2 is 0.872 bits per heavy atom. The summed E-state index contributed by atoms with van der Waals surface area (Å²) in [6.45, 7) is 27.7. The number of aromatic nitrogens is 1. The van der Waals surface area contributed by atoms with Crippen molar-refractivity contribution < 1.29 is 8.78 Å². The molecule has 10 aromatic rings. The number of fused-ring (bicyclic) bond motifs is 7. The van der Waals surface area contributed by atoms with Crippen LogP contribution in [0.25, 0.3) is 49.7 Å². The first-order chi connectivity index (χ1) is 37.0. The standard InChI is InChI=1S/C71H65BF2N4/c1-68(2,3)47-35-48(69(4,5)6)38-53(37-47)76-63-23-17-14-20-58(63)72-59-21-15-18-24-64(59)77(54-39-49(70(7,8)9)36-50(40-54)71(10,11)12)66-34-45(33-65(76)67(66)72)44-26-28-62-57(32-44)55-19-13-16-22-60(55)78(62)61-27-25-43(42-75)29-56(61)46-30-51(73)41-52(74)31-46/h13-41H,1-12H3. The molecule has 78 heavy (non-hydrogen) atoms. The van der Waals surface area contributed by atoms with Crippen molar-refractivity contribution in [3.05, 3.63) is 215 Å². The third kappa shape index (κ3) is 8.49. The molecule has 7 heteroatoms. The maximum absolute atomic E-state index is 15.0. The molecule has 0 atom stereocenters. The monoisotopic (exact) mass is 1020 g/mol. The molecule has 9 aromatic carbocycles. The molecule has 0 saturated carbocycles. The zero-order valence-corrected chi connectivity index (χ0v) is 46.9. The molecule has 0 unspecified atom stereocenters. The van der Waals surface area contributed by atoms with E-state index in [1.807, 2.05) is 12.1 Å². The maximum atomic E-state index is 15.0. The summed E-state index contributed by atoms with van der Waals surface area (Å²) in [6, 6.07) is 63.6. The summed E-state index contributed by atoms with van der Waals surface area (Å²) in [4.78, 5) is 5.09. The topological polar surface area (TPSA) is 35.2 Å². The zero-order chi connectivity index (χ0) is 55.0. The minimum atomic E-state index is -0.683. The molecule has 386 valence electrons. The first-order valence-electron chi connectivity index (χ1n) is 27.3. The highest BCUT2D eigenvalue weighted by molar-refractivity contribution is 7.00. The van der Waals surface area contributed by atoms with Crippen molar-refractivity contribution >= 4 is 79.0 Å². The number of para-hydroxylation sites is 3. The van der Waals surface area contributed by atoms with Crippen LogP contribution in [0.4, 0.5) is 42.9 Å². The first-order valence-corrected chi connectivity index (χ1v) is 27.3. The Bertz CT molecular complexity index is 3910. The summed E-state index contributed by atoms with van der Waals surface area (Å²) >= 11 is 0. The Labute approximate surface area is 459 Å². The fourth-order valence-corrected chi connectivity index (χ4v) is 12.0. The van der Waals surface area contributed by atoms with Crippen molar-refractivity contribution in [2.45, 2.75) is 105 Å². The molecular weight excluding hydrogens is 958 g/mol. The van der Waals surface area contributed by atoms with Crippen molar-refractivity contribution in [1.29, 1.82) is 5.26 Å². The number of benzene rings is 9. The number of nitriles is 1. The second-order valence-electron chi connectivity index (χ2n) is 25.8. The van der Waals surface area contributed by atoms with Crippen LogP contribution in [0.15, 0.2) is 176 Å². The van der Waals surface area contributed by atoms with E-state index in [1.165, 1.54) is 50.8 Å². The molecule has 0 N–H and O–H groups in total. The van der Waals surface area contributed by atoms with Gasteiger partial charge in [0, 0.05) is 56.5 Å². The lowest BCUT2D eigenvalue weighted by Crippen LogP contribution is -2.61. The molecule has 0 radical (unpaired) electrons. The molecule has 1 aromatic heterocycles. The van der Waals surface area contributed by atoms with Crippen molar-refractivity contribution in [3.8, 4) is 34.0 Å². The second kappa shape index (κ2) is 17.9. The van der Waals surface area contributed by atoms with Gasteiger partial charge >= 0.3 is 0 Å². The number of hydrogen-bond acceptors (Lipinski definition) is 3. The minimum absolute atomic E-state index is 0.0571. The summed E-state index contributed by atoms with van der Waals surface area (Å²) in [5, 5.41) is 12.1. The third-order valence-electron chi connectivity index (χ3n) is 16.2. The lowest BCUT2D eigenvalue weighted by atomic mass is 9.33. The normalized spacial score (nSPS) is 13.4. The summed E-state index contributed by atoms with van der Waals surface area (Å²) in [7, 11) is 0. The van der Waals surface area contributed by atoms with E-state index >= 15 is 0 Å². The quantitative estimate of drug-likeness (QED) is 0.161. The fraction of sp³-hybridized carbons (Fsp3) is 0.225. The molecular formula is C71H65BF2N4. The van der Waals surface area contributed by atoms with Crippen LogP contribution in [0.3, 0.4) is 0 Å². The number of nitrogens with zero attached hydrogens (tertiary/aromatic N) is 4. The zero-order valence-electron chi connectivity index (χ0n) is 46.9. The first kappa shape index (κ1) is 50.6. The highest BCUT2D eigenvalue weighted by Crippen LogP contribution is 2.49. The van der Waals surface area contributed by atoms with Crippen LogP contribution in [0.2, 0.25) is 0 Å². The molecule has 0 saturated heterocycles. The molecule has 3 heterocycles. The summed E-state index contributed by atoms with van der Waals surface area (Å²) in [5.74, 6) is -1.37. The maximum Gasteiger partial charge on any atom is 0.252 e. The molecule has 0 amide bonds. The summed E-state index contributed by atoms with van der Waals surface area (Å²) in [6.07, 6.45) is 0. The predicted octanol–water partition coefficient (Wildman–Crippen LogP) is 17.5. The molecule has 0 spiro atoms. The van der Waals surface area contributed by atoms with Crippen molar-refractivity contribution in [1.82, 2.24) is 4.57 Å². The Kier molecular flexibility index (Phi) is 11.6. The molecule has 0 bridgehead atoms. The van der Waals surface area contributed by atoms with E-state index in [9.17, 15) is 14.0 Å². The van der Waals surface area contributed by atoms with Gasteiger partial charge in [0.15, 0.2) is 0 Å². The fourth-order valence-electron chi connectivity index (χ4n) is 12.0.